The minimum absolute atomic E-state index is 0.540. The topological polar surface area (TPSA) is 47.1 Å². The highest BCUT2D eigenvalue weighted by molar-refractivity contribution is 5.24. The Morgan fingerprint density at radius 1 is 1.35 bits per heavy atom. The number of likely N-dealkylation sites (tertiary alicyclic amines) is 1. The second-order valence-electron chi connectivity index (χ2n) is 4.96. The summed E-state index contributed by atoms with van der Waals surface area (Å²) in [5.74, 6) is 0.632. The minimum atomic E-state index is 0.540. The average Bonchev–Trinajstić information content (AvgIpc) is 2.78. The Bertz CT molecular complexity index is 335. The number of hydrogen-bond acceptors (Lipinski definition) is 3. The van der Waals surface area contributed by atoms with Crippen molar-refractivity contribution >= 4 is 5.82 Å². The van der Waals surface area contributed by atoms with E-state index in [0.717, 1.165) is 6.04 Å². The molecule has 0 unspecified atom stereocenters. The normalized spacial score (nSPS) is 19.0. The summed E-state index contributed by atoms with van der Waals surface area (Å²) in [5.41, 5.74) is 5.66. The number of aromatic nitrogens is 2. The number of rotatable bonds is 4. The molecular formula is C13H24N4. The van der Waals surface area contributed by atoms with Crippen molar-refractivity contribution in [3.8, 4) is 0 Å². The third-order valence-electron chi connectivity index (χ3n) is 3.96. The Hall–Kier alpha value is -1.03. The van der Waals surface area contributed by atoms with Crippen LogP contribution in [-0.2, 0) is 0 Å². The van der Waals surface area contributed by atoms with Gasteiger partial charge < -0.3 is 10.6 Å². The summed E-state index contributed by atoms with van der Waals surface area (Å²) >= 11 is 0. The van der Waals surface area contributed by atoms with E-state index in [4.69, 9.17) is 5.73 Å². The fraction of sp³-hybridized carbons (Fsp3) is 0.769. The molecule has 0 spiro atoms. The molecule has 0 radical (unpaired) electrons. The van der Waals surface area contributed by atoms with E-state index in [1.807, 2.05) is 16.9 Å². The smallest absolute Gasteiger partial charge is 0.145 e. The van der Waals surface area contributed by atoms with Crippen LogP contribution < -0.4 is 5.73 Å². The summed E-state index contributed by atoms with van der Waals surface area (Å²) in [7, 11) is 0. The van der Waals surface area contributed by atoms with Crippen LogP contribution in [0.1, 0.15) is 45.6 Å². The van der Waals surface area contributed by atoms with E-state index in [0.29, 0.717) is 11.9 Å². The van der Waals surface area contributed by atoms with Crippen LogP contribution in [0.15, 0.2) is 12.3 Å². The standard InChI is InChI=1S/C13H24N4/c1-3-11(4-2)16-8-5-12(6-9-16)17-10-7-13(14)15-17/h7,10-12H,3-6,8-9H2,1-2H3,(H2,14,15). The van der Waals surface area contributed by atoms with Crippen LogP contribution in [0.4, 0.5) is 5.82 Å². The maximum Gasteiger partial charge on any atom is 0.145 e. The molecule has 1 fully saturated rings. The van der Waals surface area contributed by atoms with Gasteiger partial charge in [-0.25, -0.2) is 0 Å². The lowest BCUT2D eigenvalue weighted by atomic mass is 10.0. The molecule has 96 valence electrons. The molecule has 0 aromatic carbocycles. The summed E-state index contributed by atoms with van der Waals surface area (Å²) < 4.78 is 2.04. The monoisotopic (exact) mass is 236 g/mol. The van der Waals surface area contributed by atoms with Crippen LogP contribution in [0, 0.1) is 0 Å². The molecule has 0 aliphatic carbocycles. The van der Waals surface area contributed by atoms with Gasteiger partial charge in [0.2, 0.25) is 0 Å². The summed E-state index contributed by atoms with van der Waals surface area (Å²) in [6.07, 6.45) is 6.91. The highest BCUT2D eigenvalue weighted by Gasteiger charge is 2.24. The molecule has 17 heavy (non-hydrogen) atoms. The number of hydrogen-bond donors (Lipinski definition) is 1. The molecule has 1 aliphatic heterocycles. The molecule has 2 rings (SSSR count). The molecule has 2 heterocycles. The first kappa shape index (κ1) is 12.4. The molecule has 1 aromatic rings. The molecule has 0 atom stereocenters. The van der Waals surface area contributed by atoms with Gasteiger partial charge in [-0.1, -0.05) is 13.8 Å². The molecule has 1 aromatic heterocycles. The van der Waals surface area contributed by atoms with Crippen LogP contribution in [0.2, 0.25) is 0 Å². The van der Waals surface area contributed by atoms with Crippen molar-refractivity contribution in [1.29, 1.82) is 0 Å². The van der Waals surface area contributed by atoms with Crippen LogP contribution in [0.5, 0.6) is 0 Å². The quantitative estimate of drug-likeness (QED) is 0.872. The highest BCUT2D eigenvalue weighted by atomic mass is 15.3. The zero-order valence-electron chi connectivity index (χ0n) is 11.0. The van der Waals surface area contributed by atoms with E-state index >= 15 is 0 Å². The third-order valence-corrected chi connectivity index (χ3v) is 3.96. The van der Waals surface area contributed by atoms with Gasteiger partial charge in [0.05, 0.1) is 6.04 Å². The van der Waals surface area contributed by atoms with Crippen LogP contribution in [0.25, 0.3) is 0 Å². The fourth-order valence-electron chi connectivity index (χ4n) is 2.88. The van der Waals surface area contributed by atoms with Gasteiger partial charge >= 0.3 is 0 Å². The molecule has 0 amide bonds. The maximum absolute atomic E-state index is 5.66. The molecule has 0 saturated carbocycles. The zero-order valence-corrected chi connectivity index (χ0v) is 11.0. The Morgan fingerprint density at radius 2 is 2.00 bits per heavy atom. The summed E-state index contributed by atoms with van der Waals surface area (Å²) in [4.78, 5) is 2.63. The number of nitrogens with two attached hydrogens (primary N) is 1. The second-order valence-corrected chi connectivity index (χ2v) is 4.96. The van der Waals surface area contributed by atoms with Gasteiger partial charge in [-0.15, -0.1) is 0 Å². The lowest BCUT2D eigenvalue weighted by Crippen LogP contribution is -2.41. The van der Waals surface area contributed by atoms with Crippen molar-refractivity contribution in [2.75, 3.05) is 18.8 Å². The van der Waals surface area contributed by atoms with E-state index in [9.17, 15) is 0 Å². The predicted octanol–water partition coefficient (Wildman–Crippen LogP) is 2.29. The van der Waals surface area contributed by atoms with Gasteiger partial charge in [0, 0.05) is 25.3 Å². The van der Waals surface area contributed by atoms with Gasteiger partial charge in [0.1, 0.15) is 5.82 Å². The lowest BCUT2D eigenvalue weighted by molar-refractivity contribution is 0.124. The highest BCUT2D eigenvalue weighted by Crippen LogP contribution is 2.24. The van der Waals surface area contributed by atoms with Crippen molar-refractivity contribution < 1.29 is 0 Å². The Balaban J connectivity index is 1.89. The average molecular weight is 236 g/mol. The Kier molecular flexibility index (Phi) is 4.05. The SMILES string of the molecule is CCC(CC)N1CCC(n2ccc(N)n2)CC1. The zero-order chi connectivity index (χ0) is 12.3. The number of piperidine rings is 1. The number of anilines is 1. The molecule has 0 bridgehead atoms. The molecular weight excluding hydrogens is 212 g/mol. The minimum Gasteiger partial charge on any atom is -0.382 e. The molecule has 4 nitrogen and oxygen atoms in total. The first-order valence-corrected chi connectivity index (χ1v) is 6.79. The maximum atomic E-state index is 5.66. The first-order valence-electron chi connectivity index (χ1n) is 6.79. The van der Waals surface area contributed by atoms with Crippen molar-refractivity contribution in [3.63, 3.8) is 0 Å². The van der Waals surface area contributed by atoms with Gasteiger partial charge in [-0.05, 0) is 31.7 Å². The largest absolute Gasteiger partial charge is 0.382 e. The van der Waals surface area contributed by atoms with E-state index in [-0.39, 0.29) is 0 Å². The fourth-order valence-corrected chi connectivity index (χ4v) is 2.88. The van der Waals surface area contributed by atoms with Gasteiger partial charge in [-0.3, -0.25) is 4.68 Å². The summed E-state index contributed by atoms with van der Waals surface area (Å²) in [5, 5.41) is 4.32. The predicted molar refractivity (Wildman–Crippen MR) is 70.9 cm³/mol. The van der Waals surface area contributed by atoms with Gasteiger partial charge in [-0.2, -0.15) is 5.10 Å². The van der Waals surface area contributed by atoms with Gasteiger partial charge in [0.15, 0.2) is 0 Å². The van der Waals surface area contributed by atoms with Crippen molar-refractivity contribution in [1.82, 2.24) is 14.7 Å². The second kappa shape index (κ2) is 5.54. The van der Waals surface area contributed by atoms with E-state index in [1.165, 1.54) is 38.8 Å². The van der Waals surface area contributed by atoms with E-state index < -0.39 is 0 Å². The first-order chi connectivity index (χ1) is 8.24. The van der Waals surface area contributed by atoms with Gasteiger partial charge in [0.25, 0.3) is 0 Å². The van der Waals surface area contributed by atoms with Crippen LogP contribution in [0.3, 0.4) is 0 Å². The molecule has 1 saturated heterocycles. The van der Waals surface area contributed by atoms with E-state index in [2.05, 4.69) is 23.8 Å². The van der Waals surface area contributed by atoms with Crippen molar-refractivity contribution in [2.45, 2.75) is 51.6 Å². The number of nitrogen functional groups attached to an aromatic ring is 1. The van der Waals surface area contributed by atoms with Crippen molar-refractivity contribution in [2.24, 2.45) is 0 Å². The van der Waals surface area contributed by atoms with Crippen LogP contribution >= 0.6 is 0 Å². The summed E-state index contributed by atoms with van der Waals surface area (Å²) in [6, 6.07) is 3.18. The van der Waals surface area contributed by atoms with E-state index in [1.54, 1.807) is 0 Å². The lowest BCUT2D eigenvalue weighted by Gasteiger charge is -2.37. The van der Waals surface area contributed by atoms with Crippen LogP contribution in [-0.4, -0.2) is 33.8 Å². The third kappa shape index (κ3) is 2.80. The van der Waals surface area contributed by atoms with Crippen molar-refractivity contribution in [3.05, 3.63) is 12.3 Å². The molecule has 2 N–H and O–H groups in total. The molecule has 1 aliphatic rings. The number of nitrogens with zero attached hydrogens (tertiary/aromatic N) is 3. The Labute approximate surface area is 104 Å². The Morgan fingerprint density at radius 3 is 2.47 bits per heavy atom. The molecule has 4 heteroatoms. The summed E-state index contributed by atoms with van der Waals surface area (Å²) in [6.45, 7) is 6.95.